The molecule has 3 atom stereocenters. The van der Waals surface area contributed by atoms with Gasteiger partial charge < -0.3 is 32.9 Å². The Morgan fingerprint density at radius 2 is 1.70 bits per heavy atom. The van der Waals surface area contributed by atoms with Gasteiger partial charge in [0.05, 0.1) is 6.04 Å². The minimum atomic E-state index is -1.15. The Morgan fingerprint density at radius 1 is 1.07 bits per heavy atom. The van der Waals surface area contributed by atoms with Crippen molar-refractivity contribution in [1.29, 1.82) is 0 Å². The Hall–Kier alpha value is -3.14. The molecule has 0 aliphatic heterocycles. The number of hydrogen-bond donors (Lipinski definition) is 6. The van der Waals surface area contributed by atoms with Gasteiger partial charge in [-0.2, -0.15) is 0 Å². The summed E-state index contributed by atoms with van der Waals surface area (Å²) in [4.78, 5) is 40.5. The molecule has 0 fully saturated rings. The summed E-state index contributed by atoms with van der Waals surface area (Å²) in [5.74, 6) is -2.65. The zero-order chi connectivity index (χ0) is 22.7. The van der Waals surface area contributed by atoms with Gasteiger partial charge in [-0.05, 0) is 30.7 Å². The second kappa shape index (κ2) is 12.4. The van der Waals surface area contributed by atoms with Crippen LogP contribution in [0.2, 0.25) is 0 Å². The lowest BCUT2D eigenvalue weighted by Gasteiger charge is -2.24. The molecule has 0 saturated heterocycles. The topological polar surface area (TPSA) is 186 Å². The lowest BCUT2D eigenvalue weighted by atomic mass is 10.0. The highest BCUT2D eigenvalue weighted by Crippen LogP contribution is 2.07. The molecule has 2 amide bonds. The second-order valence-electron chi connectivity index (χ2n) is 7.37. The van der Waals surface area contributed by atoms with Crippen molar-refractivity contribution in [3.8, 4) is 0 Å². The fraction of sp³-hybridized carbons (Fsp3) is 0.500. The number of benzene rings is 1. The number of guanidine groups is 1. The first kappa shape index (κ1) is 24.9. The molecule has 0 aromatic heterocycles. The third-order valence-corrected chi connectivity index (χ3v) is 4.44. The molecule has 10 nitrogen and oxygen atoms in total. The van der Waals surface area contributed by atoms with E-state index in [4.69, 9.17) is 17.2 Å². The van der Waals surface area contributed by atoms with Gasteiger partial charge in [-0.1, -0.05) is 44.2 Å². The summed E-state index contributed by atoms with van der Waals surface area (Å²) in [5.41, 5.74) is 17.5. The molecule has 0 radical (unpaired) electrons. The fourth-order valence-corrected chi connectivity index (χ4v) is 2.78. The van der Waals surface area contributed by atoms with Crippen molar-refractivity contribution in [2.75, 3.05) is 6.54 Å². The van der Waals surface area contributed by atoms with E-state index in [1.807, 2.05) is 30.3 Å². The molecule has 0 saturated carbocycles. The predicted octanol–water partition coefficient (Wildman–Crippen LogP) is -0.680. The highest BCUT2D eigenvalue weighted by molar-refractivity contribution is 5.91. The van der Waals surface area contributed by atoms with Gasteiger partial charge in [0.1, 0.15) is 12.1 Å². The number of aliphatic imine (C=N–C) groups is 1. The van der Waals surface area contributed by atoms with Gasteiger partial charge in [-0.25, -0.2) is 4.79 Å². The number of carboxylic acid groups (broad SMARTS) is 1. The summed E-state index contributed by atoms with van der Waals surface area (Å²) in [6.07, 6.45) is 0.930. The number of carbonyl (C=O) groups is 3. The van der Waals surface area contributed by atoms with Gasteiger partial charge in [-0.3, -0.25) is 14.6 Å². The van der Waals surface area contributed by atoms with Gasteiger partial charge in [0.15, 0.2) is 5.96 Å². The third-order valence-electron chi connectivity index (χ3n) is 4.44. The number of aliphatic carboxylic acids is 1. The fourth-order valence-electron chi connectivity index (χ4n) is 2.78. The van der Waals surface area contributed by atoms with Crippen LogP contribution in [0.3, 0.4) is 0 Å². The van der Waals surface area contributed by atoms with Crippen LogP contribution in [0.1, 0.15) is 32.3 Å². The van der Waals surface area contributed by atoms with E-state index in [-0.39, 0.29) is 24.8 Å². The van der Waals surface area contributed by atoms with E-state index in [1.54, 1.807) is 13.8 Å². The summed E-state index contributed by atoms with van der Waals surface area (Å²) in [7, 11) is 0. The van der Waals surface area contributed by atoms with Crippen LogP contribution < -0.4 is 27.8 Å². The van der Waals surface area contributed by atoms with Crippen molar-refractivity contribution >= 4 is 23.7 Å². The number of carbonyl (C=O) groups excluding carboxylic acids is 2. The first-order chi connectivity index (χ1) is 14.1. The van der Waals surface area contributed by atoms with Crippen molar-refractivity contribution in [3.63, 3.8) is 0 Å². The molecule has 3 unspecified atom stereocenters. The average Bonchev–Trinajstić information content (AvgIpc) is 2.68. The number of nitrogens with two attached hydrogens (primary N) is 3. The summed E-state index contributed by atoms with van der Waals surface area (Å²) in [6, 6.07) is 6.36. The monoisotopic (exact) mass is 420 g/mol. The molecule has 0 aliphatic carbocycles. The molecule has 1 aromatic carbocycles. The van der Waals surface area contributed by atoms with E-state index >= 15 is 0 Å². The summed E-state index contributed by atoms with van der Waals surface area (Å²) >= 11 is 0. The van der Waals surface area contributed by atoms with Gasteiger partial charge in [-0.15, -0.1) is 0 Å². The minimum Gasteiger partial charge on any atom is -0.480 e. The van der Waals surface area contributed by atoms with Crippen LogP contribution in [0.4, 0.5) is 0 Å². The Labute approximate surface area is 176 Å². The number of nitrogens with zero attached hydrogens (tertiary/aromatic N) is 1. The number of carboxylic acids is 1. The Morgan fingerprint density at radius 3 is 2.23 bits per heavy atom. The molecule has 1 rings (SSSR count). The zero-order valence-electron chi connectivity index (χ0n) is 17.4. The highest BCUT2D eigenvalue weighted by atomic mass is 16.4. The number of amides is 2. The molecule has 9 N–H and O–H groups in total. The molecule has 0 heterocycles. The van der Waals surface area contributed by atoms with Gasteiger partial charge in [0.2, 0.25) is 11.8 Å². The standard InChI is InChI=1S/C20H32N6O4/c1-12(2)16(19(29)30)26-18(28)15(9-6-10-24-20(22)23)25-17(27)14(21)11-13-7-4-3-5-8-13/h3-5,7-8,12,14-16H,6,9-11,21H2,1-2H3,(H,25,27)(H,26,28)(H,29,30)(H4,22,23,24). The average molecular weight is 421 g/mol. The van der Waals surface area contributed by atoms with E-state index in [0.29, 0.717) is 12.8 Å². The van der Waals surface area contributed by atoms with Crippen molar-refractivity contribution in [2.45, 2.75) is 51.2 Å². The lowest BCUT2D eigenvalue weighted by molar-refractivity contribution is -0.143. The Bertz CT molecular complexity index is 734. The maximum atomic E-state index is 12.7. The molecule has 0 aliphatic rings. The largest absolute Gasteiger partial charge is 0.480 e. The van der Waals surface area contributed by atoms with Gasteiger partial charge in [0.25, 0.3) is 0 Å². The van der Waals surface area contributed by atoms with Crippen molar-refractivity contribution in [2.24, 2.45) is 28.1 Å². The van der Waals surface area contributed by atoms with Crippen LogP contribution in [0.5, 0.6) is 0 Å². The first-order valence-corrected chi connectivity index (χ1v) is 9.80. The van der Waals surface area contributed by atoms with Crippen LogP contribution in [0.15, 0.2) is 35.3 Å². The Kier molecular flexibility index (Phi) is 10.3. The number of hydrogen-bond acceptors (Lipinski definition) is 5. The van der Waals surface area contributed by atoms with Crippen LogP contribution in [-0.4, -0.2) is 53.5 Å². The Balaban J connectivity index is 2.82. The molecular formula is C20H32N6O4. The molecule has 166 valence electrons. The molecule has 10 heteroatoms. The quantitative estimate of drug-likeness (QED) is 0.147. The van der Waals surface area contributed by atoms with Crippen LogP contribution in [0, 0.1) is 5.92 Å². The maximum absolute atomic E-state index is 12.7. The predicted molar refractivity (Wildman–Crippen MR) is 114 cm³/mol. The van der Waals surface area contributed by atoms with Gasteiger partial charge >= 0.3 is 5.97 Å². The number of nitrogens with one attached hydrogen (secondary N) is 2. The van der Waals surface area contributed by atoms with E-state index < -0.39 is 35.9 Å². The normalized spacial score (nSPS) is 13.7. The summed E-state index contributed by atoms with van der Waals surface area (Å²) in [5, 5.41) is 14.4. The number of rotatable bonds is 12. The molecular weight excluding hydrogens is 388 g/mol. The van der Waals surface area contributed by atoms with Crippen molar-refractivity contribution in [1.82, 2.24) is 10.6 Å². The molecule has 0 spiro atoms. The summed E-state index contributed by atoms with van der Waals surface area (Å²) in [6.45, 7) is 3.63. The highest BCUT2D eigenvalue weighted by Gasteiger charge is 2.29. The SMILES string of the molecule is CC(C)C(NC(=O)C(CCCN=C(N)N)NC(=O)C(N)Cc1ccccc1)C(=O)O. The molecule has 1 aromatic rings. The zero-order valence-corrected chi connectivity index (χ0v) is 17.4. The van der Waals surface area contributed by atoms with E-state index in [0.717, 1.165) is 5.56 Å². The smallest absolute Gasteiger partial charge is 0.326 e. The first-order valence-electron chi connectivity index (χ1n) is 9.80. The van der Waals surface area contributed by atoms with Gasteiger partial charge in [0, 0.05) is 6.54 Å². The van der Waals surface area contributed by atoms with E-state index in [1.165, 1.54) is 0 Å². The van der Waals surface area contributed by atoms with E-state index in [9.17, 15) is 19.5 Å². The molecule has 0 bridgehead atoms. The van der Waals surface area contributed by atoms with Crippen LogP contribution in [-0.2, 0) is 20.8 Å². The van der Waals surface area contributed by atoms with Crippen LogP contribution in [0.25, 0.3) is 0 Å². The lowest BCUT2D eigenvalue weighted by Crippen LogP contribution is -2.55. The van der Waals surface area contributed by atoms with Crippen LogP contribution >= 0.6 is 0 Å². The summed E-state index contributed by atoms with van der Waals surface area (Å²) < 4.78 is 0. The maximum Gasteiger partial charge on any atom is 0.326 e. The van der Waals surface area contributed by atoms with E-state index in [2.05, 4.69) is 15.6 Å². The van der Waals surface area contributed by atoms with Crippen molar-refractivity contribution in [3.05, 3.63) is 35.9 Å². The van der Waals surface area contributed by atoms with Crippen molar-refractivity contribution < 1.29 is 19.5 Å². The minimum absolute atomic E-state index is 0.0735. The third kappa shape index (κ3) is 8.91. The molecule has 30 heavy (non-hydrogen) atoms. The second-order valence-corrected chi connectivity index (χ2v) is 7.37.